The van der Waals surface area contributed by atoms with Gasteiger partial charge >= 0.3 is 0 Å². The van der Waals surface area contributed by atoms with E-state index in [1.807, 2.05) is 20.0 Å². The average Bonchev–Trinajstić information content (AvgIpc) is 2.66. The van der Waals surface area contributed by atoms with Crippen LogP contribution in [0.25, 0.3) is 5.69 Å². The highest BCUT2D eigenvalue weighted by molar-refractivity contribution is 5.37. The van der Waals surface area contributed by atoms with Gasteiger partial charge < -0.3 is 9.84 Å². The third-order valence-corrected chi connectivity index (χ3v) is 2.04. The van der Waals surface area contributed by atoms with Crippen molar-refractivity contribution in [2.75, 3.05) is 0 Å². The molecule has 2 rings (SSSR count). The third-order valence-electron chi connectivity index (χ3n) is 2.04. The second-order valence-corrected chi connectivity index (χ2v) is 3.80. The quantitative estimate of drug-likeness (QED) is 0.860. The molecule has 0 bridgehead atoms. The molecule has 0 spiro atoms. The van der Waals surface area contributed by atoms with E-state index >= 15 is 0 Å². The molecule has 4 heteroatoms. The summed E-state index contributed by atoms with van der Waals surface area (Å²) < 4.78 is 7.21. The fraction of sp³-hybridized carbons (Fsp3) is 0.250. The van der Waals surface area contributed by atoms with Crippen molar-refractivity contribution >= 4 is 0 Å². The second-order valence-electron chi connectivity index (χ2n) is 3.80. The molecule has 16 heavy (non-hydrogen) atoms. The van der Waals surface area contributed by atoms with Gasteiger partial charge in [0, 0.05) is 0 Å². The van der Waals surface area contributed by atoms with Crippen molar-refractivity contribution < 1.29 is 9.84 Å². The molecule has 1 aromatic heterocycles. The van der Waals surface area contributed by atoms with Crippen LogP contribution in [0, 0.1) is 0 Å². The Hall–Kier alpha value is -1.97. The summed E-state index contributed by atoms with van der Waals surface area (Å²) in [5.41, 5.74) is 0.886. The minimum absolute atomic E-state index is 0.137. The van der Waals surface area contributed by atoms with Crippen LogP contribution in [0.2, 0.25) is 0 Å². The number of ether oxygens (including phenoxy) is 1. The molecule has 0 aliphatic heterocycles. The lowest BCUT2D eigenvalue weighted by Gasteiger charge is -2.05. The molecule has 1 N–H and O–H groups in total. The van der Waals surface area contributed by atoms with Crippen molar-refractivity contribution in [3.63, 3.8) is 0 Å². The SMILES string of the molecule is CC(C)Oc1cnn(-c2ccc(O)cc2)c1. The van der Waals surface area contributed by atoms with E-state index in [-0.39, 0.29) is 11.9 Å². The van der Waals surface area contributed by atoms with Crippen LogP contribution in [0.3, 0.4) is 0 Å². The van der Waals surface area contributed by atoms with Gasteiger partial charge in [0.1, 0.15) is 5.75 Å². The summed E-state index contributed by atoms with van der Waals surface area (Å²) in [7, 11) is 0. The van der Waals surface area contributed by atoms with E-state index in [1.54, 1.807) is 35.1 Å². The number of hydrogen-bond donors (Lipinski definition) is 1. The number of phenolic OH excluding ortho intramolecular Hbond substituents is 1. The predicted molar refractivity (Wildman–Crippen MR) is 61.0 cm³/mol. The Kier molecular flexibility index (Phi) is 2.81. The maximum atomic E-state index is 9.17. The van der Waals surface area contributed by atoms with Gasteiger partial charge in [0.2, 0.25) is 0 Å². The monoisotopic (exact) mass is 218 g/mol. The van der Waals surface area contributed by atoms with E-state index < -0.39 is 0 Å². The standard InChI is InChI=1S/C12H14N2O2/c1-9(2)16-12-7-13-14(8-12)10-3-5-11(15)6-4-10/h3-9,15H,1-2H3. The van der Waals surface area contributed by atoms with Gasteiger partial charge in [0.25, 0.3) is 0 Å². The molecule has 4 nitrogen and oxygen atoms in total. The molecule has 0 saturated heterocycles. The average molecular weight is 218 g/mol. The Morgan fingerprint density at radius 3 is 2.56 bits per heavy atom. The molecule has 84 valence electrons. The summed E-state index contributed by atoms with van der Waals surface area (Å²) in [6.45, 7) is 3.94. The number of hydrogen-bond acceptors (Lipinski definition) is 3. The van der Waals surface area contributed by atoms with Crippen LogP contribution in [-0.2, 0) is 0 Å². The lowest BCUT2D eigenvalue weighted by atomic mass is 10.3. The first-order valence-electron chi connectivity index (χ1n) is 5.16. The predicted octanol–water partition coefficient (Wildman–Crippen LogP) is 2.37. The highest BCUT2D eigenvalue weighted by Crippen LogP contribution is 2.17. The number of nitrogens with zero attached hydrogens (tertiary/aromatic N) is 2. The van der Waals surface area contributed by atoms with Gasteiger partial charge in [-0.05, 0) is 38.1 Å². The molecule has 0 aliphatic carbocycles. The molecular weight excluding hydrogens is 204 g/mol. The highest BCUT2D eigenvalue weighted by Gasteiger charge is 2.03. The van der Waals surface area contributed by atoms with E-state index in [4.69, 9.17) is 4.74 Å². The lowest BCUT2D eigenvalue weighted by Crippen LogP contribution is -2.04. The van der Waals surface area contributed by atoms with Crippen molar-refractivity contribution in [1.29, 1.82) is 0 Å². The number of aromatic hydroxyl groups is 1. The highest BCUT2D eigenvalue weighted by atomic mass is 16.5. The van der Waals surface area contributed by atoms with Gasteiger partial charge in [-0.2, -0.15) is 5.10 Å². The van der Waals surface area contributed by atoms with Crippen LogP contribution in [0.1, 0.15) is 13.8 Å². The molecular formula is C12H14N2O2. The Labute approximate surface area is 94.1 Å². The summed E-state index contributed by atoms with van der Waals surface area (Å²) in [6.07, 6.45) is 3.62. The third kappa shape index (κ3) is 2.34. The molecule has 2 aromatic rings. The first-order chi connectivity index (χ1) is 7.65. The van der Waals surface area contributed by atoms with E-state index in [1.165, 1.54) is 0 Å². The van der Waals surface area contributed by atoms with Gasteiger partial charge in [-0.3, -0.25) is 0 Å². The van der Waals surface area contributed by atoms with Crippen molar-refractivity contribution in [3.8, 4) is 17.2 Å². The van der Waals surface area contributed by atoms with E-state index in [2.05, 4.69) is 5.10 Å². The van der Waals surface area contributed by atoms with Gasteiger partial charge in [-0.1, -0.05) is 0 Å². The molecule has 0 atom stereocenters. The van der Waals surface area contributed by atoms with Crippen LogP contribution < -0.4 is 4.74 Å². The Morgan fingerprint density at radius 2 is 1.94 bits per heavy atom. The topological polar surface area (TPSA) is 47.3 Å². The van der Waals surface area contributed by atoms with Crippen LogP contribution >= 0.6 is 0 Å². The van der Waals surface area contributed by atoms with Gasteiger partial charge in [0.05, 0.1) is 24.2 Å². The maximum absolute atomic E-state index is 9.17. The first-order valence-corrected chi connectivity index (χ1v) is 5.16. The molecule has 0 radical (unpaired) electrons. The van der Waals surface area contributed by atoms with Crippen LogP contribution in [0.5, 0.6) is 11.5 Å². The minimum Gasteiger partial charge on any atom is -0.508 e. The number of rotatable bonds is 3. The van der Waals surface area contributed by atoms with Crippen molar-refractivity contribution in [2.45, 2.75) is 20.0 Å². The van der Waals surface area contributed by atoms with Gasteiger partial charge in [-0.25, -0.2) is 4.68 Å². The molecule has 0 aliphatic rings. The largest absolute Gasteiger partial charge is 0.508 e. The summed E-state index contributed by atoms with van der Waals surface area (Å²) >= 11 is 0. The zero-order valence-electron chi connectivity index (χ0n) is 9.29. The first kappa shape index (κ1) is 10.5. The van der Waals surface area contributed by atoms with Crippen LogP contribution in [-0.4, -0.2) is 21.0 Å². The van der Waals surface area contributed by atoms with Gasteiger partial charge in [-0.15, -0.1) is 0 Å². The molecule has 1 aromatic carbocycles. The Morgan fingerprint density at radius 1 is 1.25 bits per heavy atom. The van der Waals surface area contributed by atoms with Crippen LogP contribution in [0.15, 0.2) is 36.7 Å². The van der Waals surface area contributed by atoms with Gasteiger partial charge in [0.15, 0.2) is 5.75 Å². The normalized spacial score (nSPS) is 10.7. The zero-order chi connectivity index (χ0) is 11.5. The maximum Gasteiger partial charge on any atom is 0.158 e. The molecule has 0 fully saturated rings. The fourth-order valence-corrected chi connectivity index (χ4v) is 1.39. The number of benzene rings is 1. The molecule has 0 amide bonds. The summed E-state index contributed by atoms with van der Waals surface area (Å²) in [4.78, 5) is 0. The zero-order valence-corrected chi connectivity index (χ0v) is 9.29. The summed E-state index contributed by atoms with van der Waals surface area (Å²) in [5, 5.41) is 13.4. The second kappa shape index (κ2) is 4.26. The molecule has 0 saturated carbocycles. The summed E-state index contributed by atoms with van der Waals surface area (Å²) in [5.74, 6) is 0.984. The lowest BCUT2D eigenvalue weighted by molar-refractivity contribution is 0.242. The number of aromatic nitrogens is 2. The van der Waals surface area contributed by atoms with E-state index in [0.29, 0.717) is 0 Å². The van der Waals surface area contributed by atoms with E-state index in [9.17, 15) is 5.11 Å². The van der Waals surface area contributed by atoms with Crippen LogP contribution in [0.4, 0.5) is 0 Å². The van der Waals surface area contributed by atoms with Crippen molar-refractivity contribution in [3.05, 3.63) is 36.7 Å². The van der Waals surface area contributed by atoms with Crippen molar-refractivity contribution in [1.82, 2.24) is 9.78 Å². The smallest absolute Gasteiger partial charge is 0.158 e. The fourth-order valence-electron chi connectivity index (χ4n) is 1.39. The van der Waals surface area contributed by atoms with E-state index in [0.717, 1.165) is 11.4 Å². The number of phenols is 1. The Balaban J connectivity index is 2.21. The Bertz CT molecular complexity index is 460. The molecule has 1 heterocycles. The summed E-state index contributed by atoms with van der Waals surface area (Å²) in [6, 6.07) is 6.84. The molecule has 0 unspecified atom stereocenters. The minimum atomic E-state index is 0.137. The van der Waals surface area contributed by atoms with Crippen molar-refractivity contribution in [2.24, 2.45) is 0 Å².